The van der Waals surface area contributed by atoms with Gasteiger partial charge in [0.1, 0.15) is 0 Å². The first-order valence-corrected chi connectivity index (χ1v) is 8.67. The summed E-state index contributed by atoms with van der Waals surface area (Å²) in [6.07, 6.45) is 13.7. The van der Waals surface area contributed by atoms with Gasteiger partial charge in [0.2, 0.25) is 0 Å². The summed E-state index contributed by atoms with van der Waals surface area (Å²) in [5.41, 5.74) is 6.50. The van der Waals surface area contributed by atoms with Crippen LogP contribution in [-0.2, 0) is 0 Å². The summed E-state index contributed by atoms with van der Waals surface area (Å²) < 4.78 is 0. The molecule has 2 nitrogen and oxygen atoms in total. The largest absolute Gasteiger partial charge is 0.330 e. The average molecular weight is 268 g/mol. The third kappa shape index (κ3) is 6.27. The first-order valence-electron chi connectivity index (χ1n) is 8.67. The molecular formula is C17H36N2. The van der Waals surface area contributed by atoms with Crippen LogP contribution >= 0.6 is 0 Å². The molecule has 1 saturated carbocycles. The second kappa shape index (κ2) is 9.77. The maximum absolute atomic E-state index is 6.10. The van der Waals surface area contributed by atoms with E-state index in [0.717, 1.165) is 19.0 Å². The van der Waals surface area contributed by atoms with Crippen LogP contribution < -0.4 is 11.1 Å². The lowest BCUT2D eigenvalue weighted by atomic mass is 9.80. The van der Waals surface area contributed by atoms with E-state index in [2.05, 4.69) is 19.2 Å². The van der Waals surface area contributed by atoms with Crippen molar-refractivity contribution >= 4 is 0 Å². The van der Waals surface area contributed by atoms with Crippen molar-refractivity contribution in [3.05, 3.63) is 0 Å². The van der Waals surface area contributed by atoms with Gasteiger partial charge in [-0.3, -0.25) is 0 Å². The Morgan fingerprint density at radius 1 is 1.11 bits per heavy atom. The van der Waals surface area contributed by atoms with Crippen LogP contribution in [0.1, 0.15) is 78.1 Å². The van der Waals surface area contributed by atoms with Gasteiger partial charge in [-0.2, -0.15) is 0 Å². The molecule has 1 aliphatic carbocycles. The number of nitrogens with two attached hydrogens (primary N) is 1. The Kier molecular flexibility index (Phi) is 8.72. The zero-order valence-corrected chi connectivity index (χ0v) is 13.3. The van der Waals surface area contributed by atoms with Crippen molar-refractivity contribution in [1.82, 2.24) is 5.32 Å². The second-order valence-electron chi connectivity index (χ2n) is 6.67. The molecule has 19 heavy (non-hydrogen) atoms. The van der Waals surface area contributed by atoms with Gasteiger partial charge < -0.3 is 11.1 Å². The fourth-order valence-electron chi connectivity index (χ4n) is 3.42. The van der Waals surface area contributed by atoms with Crippen molar-refractivity contribution in [3.8, 4) is 0 Å². The summed E-state index contributed by atoms with van der Waals surface area (Å²) in [6.45, 7) is 7.82. The molecule has 0 aliphatic heterocycles. The summed E-state index contributed by atoms with van der Waals surface area (Å²) in [5.74, 6) is 0.862. The smallest absolute Gasteiger partial charge is 0.00200 e. The molecule has 0 aromatic carbocycles. The zero-order chi connectivity index (χ0) is 14.0. The molecule has 0 bridgehead atoms. The lowest BCUT2D eigenvalue weighted by Gasteiger charge is -2.32. The normalized spacial score (nSPS) is 21.0. The van der Waals surface area contributed by atoms with Crippen molar-refractivity contribution in [2.75, 3.05) is 19.6 Å². The van der Waals surface area contributed by atoms with E-state index in [4.69, 9.17) is 5.73 Å². The first-order chi connectivity index (χ1) is 9.26. The van der Waals surface area contributed by atoms with E-state index >= 15 is 0 Å². The molecule has 0 saturated heterocycles. The van der Waals surface area contributed by atoms with Gasteiger partial charge >= 0.3 is 0 Å². The molecule has 3 N–H and O–H groups in total. The minimum atomic E-state index is 0.402. The molecule has 1 fully saturated rings. The van der Waals surface area contributed by atoms with Crippen LogP contribution in [0.4, 0.5) is 0 Å². The molecule has 1 atom stereocenters. The number of hydrogen-bond donors (Lipinski definition) is 2. The molecule has 0 radical (unpaired) electrons. The zero-order valence-electron chi connectivity index (χ0n) is 13.3. The molecule has 0 spiro atoms. The van der Waals surface area contributed by atoms with Crippen LogP contribution in [0, 0.1) is 11.3 Å². The first kappa shape index (κ1) is 17.0. The highest BCUT2D eigenvalue weighted by atomic mass is 14.9. The highest BCUT2D eigenvalue weighted by Crippen LogP contribution is 2.33. The van der Waals surface area contributed by atoms with Crippen molar-refractivity contribution in [2.24, 2.45) is 17.1 Å². The summed E-state index contributed by atoms with van der Waals surface area (Å²) in [7, 11) is 0. The lowest BCUT2D eigenvalue weighted by Crippen LogP contribution is -2.41. The molecule has 1 aliphatic rings. The van der Waals surface area contributed by atoms with E-state index in [9.17, 15) is 0 Å². The third-order valence-electron chi connectivity index (χ3n) is 5.07. The number of hydrogen-bond acceptors (Lipinski definition) is 2. The Morgan fingerprint density at radius 3 is 2.32 bits per heavy atom. The van der Waals surface area contributed by atoms with Gasteiger partial charge in [0.05, 0.1) is 0 Å². The quantitative estimate of drug-likeness (QED) is 0.618. The van der Waals surface area contributed by atoms with E-state index in [1.54, 1.807) is 0 Å². The van der Waals surface area contributed by atoms with Gasteiger partial charge in [-0.1, -0.05) is 58.8 Å². The van der Waals surface area contributed by atoms with Crippen LogP contribution in [0.2, 0.25) is 0 Å². The van der Waals surface area contributed by atoms with Crippen LogP contribution in [-0.4, -0.2) is 19.6 Å². The fraction of sp³-hybridized carbons (Fsp3) is 1.00. The molecule has 1 unspecified atom stereocenters. The molecule has 0 heterocycles. The molecule has 1 rings (SSSR count). The minimum absolute atomic E-state index is 0.402. The number of unbranched alkanes of at least 4 members (excludes halogenated alkanes) is 1. The minimum Gasteiger partial charge on any atom is -0.330 e. The highest BCUT2D eigenvalue weighted by molar-refractivity contribution is 4.85. The van der Waals surface area contributed by atoms with Crippen LogP contribution in [0.25, 0.3) is 0 Å². The number of nitrogens with one attached hydrogen (secondary N) is 1. The standard InChI is InChI=1S/C17H36N2/c1-3-5-10-16(4-2)13-19-15-17(14-18)11-8-6-7-9-12-17/h16,19H,3-15,18H2,1-2H3. The highest BCUT2D eigenvalue weighted by Gasteiger charge is 2.29. The second-order valence-corrected chi connectivity index (χ2v) is 6.67. The van der Waals surface area contributed by atoms with Crippen molar-refractivity contribution in [1.29, 1.82) is 0 Å². The van der Waals surface area contributed by atoms with Gasteiger partial charge in [-0.05, 0) is 43.7 Å². The third-order valence-corrected chi connectivity index (χ3v) is 5.07. The van der Waals surface area contributed by atoms with Gasteiger partial charge in [-0.25, -0.2) is 0 Å². The molecule has 0 aromatic rings. The Bertz CT molecular complexity index is 207. The van der Waals surface area contributed by atoms with Gasteiger partial charge in [-0.15, -0.1) is 0 Å². The fourth-order valence-corrected chi connectivity index (χ4v) is 3.42. The summed E-state index contributed by atoms with van der Waals surface area (Å²) >= 11 is 0. The summed E-state index contributed by atoms with van der Waals surface area (Å²) in [6, 6.07) is 0. The van der Waals surface area contributed by atoms with Crippen molar-refractivity contribution < 1.29 is 0 Å². The topological polar surface area (TPSA) is 38.0 Å². The summed E-state index contributed by atoms with van der Waals surface area (Å²) in [5, 5.41) is 3.75. The van der Waals surface area contributed by atoms with Crippen molar-refractivity contribution in [2.45, 2.75) is 78.1 Å². The molecule has 114 valence electrons. The Labute approximate surface area is 120 Å². The van der Waals surface area contributed by atoms with Crippen LogP contribution in [0.15, 0.2) is 0 Å². The Hall–Kier alpha value is -0.0800. The monoisotopic (exact) mass is 268 g/mol. The van der Waals surface area contributed by atoms with Gasteiger partial charge in [0, 0.05) is 6.54 Å². The predicted octanol–water partition coefficient (Wildman–Crippen LogP) is 4.09. The van der Waals surface area contributed by atoms with E-state index in [-0.39, 0.29) is 0 Å². The maximum Gasteiger partial charge on any atom is 0.00200 e. The van der Waals surface area contributed by atoms with E-state index in [0.29, 0.717) is 5.41 Å². The van der Waals surface area contributed by atoms with Crippen LogP contribution in [0.3, 0.4) is 0 Å². The average Bonchev–Trinajstić information content (AvgIpc) is 2.69. The van der Waals surface area contributed by atoms with E-state index in [1.807, 2.05) is 0 Å². The molecule has 0 aromatic heterocycles. The number of rotatable bonds is 9. The lowest BCUT2D eigenvalue weighted by molar-refractivity contribution is 0.235. The Balaban J connectivity index is 2.31. The van der Waals surface area contributed by atoms with Gasteiger partial charge in [0.25, 0.3) is 0 Å². The summed E-state index contributed by atoms with van der Waals surface area (Å²) in [4.78, 5) is 0. The molecule has 2 heteroatoms. The van der Waals surface area contributed by atoms with E-state index in [1.165, 1.54) is 70.8 Å². The Morgan fingerprint density at radius 2 is 1.79 bits per heavy atom. The molecule has 0 amide bonds. The maximum atomic E-state index is 6.10. The predicted molar refractivity (Wildman–Crippen MR) is 85.4 cm³/mol. The van der Waals surface area contributed by atoms with Crippen molar-refractivity contribution in [3.63, 3.8) is 0 Å². The van der Waals surface area contributed by atoms with Gasteiger partial charge in [0.15, 0.2) is 0 Å². The van der Waals surface area contributed by atoms with E-state index < -0.39 is 0 Å². The van der Waals surface area contributed by atoms with Crippen LogP contribution in [0.5, 0.6) is 0 Å². The molecular weight excluding hydrogens is 232 g/mol. The SMILES string of the molecule is CCCCC(CC)CNCC1(CN)CCCCCC1.